The molecule has 1 aliphatic carbocycles. The van der Waals surface area contributed by atoms with Crippen molar-refractivity contribution in [1.29, 1.82) is 0 Å². The van der Waals surface area contributed by atoms with E-state index in [-0.39, 0.29) is 23.4 Å². The molecule has 0 radical (unpaired) electrons. The van der Waals surface area contributed by atoms with Gasteiger partial charge in [-0.15, -0.1) is 0 Å². The van der Waals surface area contributed by atoms with Gasteiger partial charge in [-0.1, -0.05) is 49.9 Å². The number of nitrogens with one attached hydrogen (secondary N) is 2. The van der Waals surface area contributed by atoms with Gasteiger partial charge in [0.2, 0.25) is 11.9 Å². The topological polar surface area (TPSA) is 102 Å². The Morgan fingerprint density at radius 3 is 2.56 bits per heavy atom. The van der Waals surface area contributed by atoms with Gasteiger partial charge in [-0.2, -0.15) is 13.2 Å². The summed E-state index contributed by atoms with van der Waals surface area (Å²) in [7, 11) is 0. The van der Waals surface area contributed by atoms with E-state index in [1.54, 1.807) is 36.4 Å². The monoisotopic (exact) mass is 471 g/mol. The van der Waals surface area contributed by atoms with Crippen LogP contribution in [-0.2, 0) is 15.3 Å². The Bertz CT molecular complexity index is 1260. The van der Waals surface area contributed by atoms with Crippen LogP contribution >= 0.6 is 0 Å². The fraction of sp³-hybridized carbons (Fsp3) is 0.375. The summed E-state index contributed by atoms with van der Waals surface area (Å²) in [6.45, 7) is 0. The fourth-order valence-corrected chi connectivity index (χ4v) is 5.05. The normalized spacial score (nSPS) is 20.5. The number of alkyl halides is 3. The zero-order valence-corrected chi connectivity index (χ0v) is 18.3. The van der Waals surface area contributed by atoms with E-state index in [2.05, 4.69) is 10.3 Å². The van der Waals surface area contributed by atoms with Crippen molar-refractivity contribution in [2.45, 2.75) is 50.4 Å². The van der Waals surface area contributed by atoms with Gasteiger partial charge in [-0.05, 0) is 36.1 Å². The molecule has 4 N–H and O–H groups in total. The van der Waals surface area contributed by atoms with Crippen molar-refractivity contribution in [3.8, 4) is 11.1 Å². The number of para-hydroxylation sites is 1. The Kier molecular flexibility index (Phi) is 5.26. The maximum Gasteiger partial charge on any atom is 0.440 e. The van der Waals surface area contributed by atoms with E-state index in [1.807, 2.05) is 5.32 Å². The first kappa shape index (κ1) is 22.2. The van der Waals surface area contributed by atoms with Crippen LogP contribution in [0.2, 0.25) is 0 Å². The number of nitrogens with two attached hydrogens (primary N) is 1. The lowest BCUT2D eigenvalue weighted by molar-refractivity contribution is -0.217. The standard InChI is InChI=1S/C24H24F3N5O2/c25-24(26,27)23(31-19(33)13-8-14-4-1-2-5-14)21(34)30-22-29-20-17(6-3-7-18(20)32(22)23)15-9-11-16(28)12-10-15/h3,6-7,9-12,14H,1-2,4-5,8,13,28H2,(H,31,33)(H,29,30,34). The maximum atomic E-state index is 14.6. The Hall–Kier alpha value is -3.56. The zero-order valence-electron chi connectivity index (χ0n) is 18.3. The van der Waals surface area contributed by atoms with Crippen LogP contribution in [0.5, 0.6) is 0 Å². The van der Waals surface area contributed by atoms with E-state index in [1.165, 1.54) is 6.07 Å². The smallest absolute Gasteiger partial charge is 0.399 e. The number of nitrogens with zero attached hydrogens (tertiary/aromatic N) is 2. The lowest BCUT2D eigenvalue weighted by atomic mass is 10.0. The Labute approximate surface area is 193 Å². The van der Waals surface area contributed by atoms with E-state index in [4.69, 9.17) is 5.73 Å². The predicted octanol–water partition coefficient (Wildman–Crippen LogP) is 4.54. The van der Waals surface area contributed by atoms with Gasteiger partial charge in [0.15, 0.2) is 0 Å². The Morgan fingerprint density at radius 2 is 1.88 bits per heavy atom. The number of halogens is 3. The molecule has 2 aromatic carbocycles. The minimum Gasteiger partial charge on any atom is -0.399 e. The number of fused-ring (bicyclic) bond motifs is 3. The molecule has 1 saturated carbocycles. The summed E-state index contributed by atoms with van der Waals surface area (Å²) in [6.07, 6.45) is -0.584. The van der Waals surface area contributed by atoms with E-state index in [0.717, 1.165) is 30.3 Å². The molecule has 34 heavy (non-hydrogen) atoms. The molecule has 0 bridgehead atoms. The second-order valence-electron chi connectivity index (χ2n) is 8.97. The highest BCUT2D eigenvalue weighted by molar-refractivity contribution is 6.06. The largest absolute Gasteiger partial charge is 0.440 e. The van der Waals surface area contributed by atoms with Crippen molar-refractivity contribution in [3.05, 3.63) is 42.5 Å². The van der Waals surface area contributed by atoms with Crippen molar-refractivity contribution < 1.29 is 22.8 Å². The SMILES string of the molecule is Nc1ccc(-c2cccc3c2nc2n3C(NC(=O)CCC3CCCC3)(C(F)(F)F)C(=O)N2)cc1. The van der Waals surface area contributed by atoms with Gasteiger partial charge in [-0.3, -0.25) is 19.5 Å². The third-order valence-corrected chi connectivity index (χ3v) is 6.78. The third-order valence-electron chi connectivity index (χ3n) is 6.78. The molecule has 3 aromatic rings. The average Bonchev–Trinajstić information content (AvgIpc) is 3.49. The van der Waals surface area contributed by atoms with Crippen molar-refractivity contribution in [2.24, 2.45) is 5.92 Å². The van der Waals surface area contributed by atoms with Crippen LogP contribution in [0.25, 0.3) is 22.2 Å². The van der Waals surface area contributed by atoms with Crippen LogP contribution in [0.4, 0.5) is 24.8 Å². The highest BCUT2D eigenvalue weighted by Crippen LogP contribution is 2.45. The minimum atomic E-state index is -5.10. The van der Waals surface area contributed by atoms with Crippen LogP contribution < -0.4 is 16.4 Å². The lowest BCUT2D eigenvalue weighted by Crippen LogP contribution is -2.63. The second-order valence-corrected chi connectivity index (χ2v) is 8.97. The Morgan fingerprint density at radius 1 is 1.18 bits per heavy atom. The second kappa shape index (κ2) is 8.03. The molecule has 1 fully saturated rings. The minimum absolute atomic E-state index is 0.0750. The van der Waals surface area contributed by atoms with Crippen LogP contribution in [0.1, 0.15) is 38.5 Å². The molecule has 0 saturated heterocycles. The number of nitrogen functional groups attached to an aromatic ring is 1. The molecule has 1 atom stereocenters. The molecule has 178 valence electrons. The van der Waals surface area contributed by atoms with Crippen LogP contribution in [0.15, 0.2) is 42.5 Å². The summed E-state index contributed by atoms with van der Waals surface area (Å²) in [5.74, 6) is -2.13. The molecule has 2 heterocycles. The summed E-state index contributed by atoms with van der Waals surface area (Å²) in [4.78, 5) is 29.8. The van der Waals surface area contributed by atoms with Gasteiger partial charge in [0.25, 0.3) is 11.6 Å². The maximum absolute atomic E-state index is 14.6. The van der Waals surface area contributed by atoms with E-state index in [9.17, 15) is 22.8 Å². The van der Waals surface area contributed by atoms with Crippen LogP contribution in [0.3, 0.4) is 0 Å². The van der Waals surface area contributed by atoms with Gasteiger partial charge in [0.1, 0.15) is 0 Å². The molecule has 1 aliphatic heterocycles. The first-order valence-corrected chi connectivity index (χ1v) is 11.3. The number of amides is 2. The molecule has 2 aliphatic rings. The number of benzene rings is 2. The number of hydrogen-bond acceptors (Lipinski definition) is 4. The molecule has 0 spiro atoms. The molecule has 7 nitrogen and oxygen atoms in total. The van der Waals surface area contributed by atoms with Gasteiger partial charge in [0.05, 0.1) is 11.0 Å². The summed E-state index contributed by atoms with van der Waals surface area (Å²) in [5.41, 5.74) is 4.67. The van der Waals surface area contributed by atoms with Gasteiger partial charge >= 0.3 is 6.18 Å². The first-order valence-electron chi connectivity index (χ1n) is 11.3. The van der Waals surface area contributed by atoms with Gasteiger partial charge in [0, 0.05) is 17.7 Å². The van der Waals surface area contributed by atoms with Crippen molar-refractivity contribution >= 4 is 34.5 Å². The number of anilines is 2. The number of carbonyl (C=O) groups excluding carboxylic acids is 2. The van der Waals surface area contributed by atoms with Gasteiger partial charge < -0.3 is 11.1 Å². The Balaban J connectivity index is 1.57. The highest BCUT2D eigenvalue weighted by atomic mass is 19.4. The first-order chi connectivity index (χ1) is 16.2. The molecule has 2 amide bonds. The zero-order chi connectivity index (χ0) is 24.1. The summed E-state index contributed by atoms with van der Waals surface area (Å²) in [6, 6.07) is 11.6. The fourth-order valence-electron chi connectivity index (χ4n) is 5.05. The average molecular weight is 471 g/mol. The van der Waals surface area contributed by atoms with Crippen LogP contribution in [0, 0.1) is 5.92 Å². The number of aromatic nitrogens is 2. The lowest BCUT2D eigenvalue weighted by Gasteiger charge is -2.32. The van der Waals surface area contributed by atoms with E-state index >= 15 is 0 Å². The van der Waals surface area contributed by atoms with Crippen molar-refractivity contribution in [2.75, 3.05) is 11.1 Å². The number of imidazole rings is 1. The number of carbonyl (C=O) groups is 2. The van der Waals surface area contributed by atoms with Crippen molar-refractivity contribution in [1.82, 2.24) is 14.9 Å². The molecular formula is C24H24F3N5O2. The summed E-state index contributed by atoms with van der Waals surface area (Å²) in [5, 5.41) is 4.27. The predicted molar refractivity (Wildman–Crippen MR) is 122 cm³/mol. The van der Waals surface area contributed by atoms with E-state index < -0.39 is 23.7 Å². The highest BCUT2D eigenvalue weighted by Gasteiger charge is 2.67. The number of hydrogen-bond donors (Lipinski definition) is 3. The number of rotatable bonds is 5. The molecule has 1 aromatic heterocycles. The molecule has 1 unspecified atom stereocenters. The quantitative estimate of drug-likeness (QED) is 0.476. The van der Waals surface area contributed by atoms with Gasteiger partial charge in [-0.25, -0.2) is 4.98 Å². The summed E-state index contributed by atoms with van der Waals surface area (Å²) < 4.78 is 44.5. The van der Waals surface area contributed by atoms with Crippen molar-refractivity contribution in [3.63, 3.8) is 0 Å². The van der Waals surface area contributed by atoms with Crippen LogP contribution in [-0.4, -0.2) is 27.5 Å². The molecule has 10 heteroatoms. The van der Waals surface area contributed by atoms with E-state index in [0.29, 0.717) is 29.2 Å². The third kappa shape index (κ3) is 3.48. The summed E-state index contributed by atoms with van der Waals surface area (Å²) >= 11 is 0. The molecular weight excluding hydrogens is 447 g/mol. The molecule has 5 rings (SSSR count).